The fourth-order valence-electron chi connectivity index (χ4n) is 3.37. The first-order valence-corrected chi connectivity index (χ1v) is 8.79. The fourth-order valence-corrected chi connectivity index (χ4v) is 3.37. The van der Waals surface area contributed by atoms with Crippen molar-refractivity contribution >= 4 is 17.5 Å². The first-order valence-electron chi connectivity index (χ1n) is 8.79. The monoisotopic (exact) mass is 375 g/mol. The third kappa shape index (κ3) is 4.04. The van der Waals surface area contributed by atoms with Crippen LogP contribution in [0, 0.1) is 5.82 Å². The van der Waals surface area contributed by atoms with Gasteiger partial charge in [0.1, 0.15) is 23.8 Å². The Balaban J connectivity index is 1.38. The molecule has 4 rings (SSSR count). The molecule has 2 atom stereocenters. The summed E-state index contributed by atoms with van der Waals surface area (Å²) in [6.45, 7) is 2.22. The van der Waals surface area contributed by atoms with Crippen molar-refractivity contribution in [3.8, 4) is 5.88 Å². The Kier molecular flexibility index (Phi) is 4.95. The average Bonchev–Trinajstić information content (AvgIpc) is 2.98. The predicted molar refractivity (Wildman–Crippen MR) is 98.5 cm³/mol. The van der Waals surface area contributed by atoms with Gasteiger partial charge < -0.3 is 30.2 Å². The Morgan fingerprint density at radius 2 is 1.93 bits per heavy atom. The molecule has 3 N–H and O–H groups in total. The van der Waals surface area contributed by atoms with E-state index in [9.17, 15) is 4.39 Å². The Bertz CT molecular complexity index is 792. The Morgan fingerprint density at radius 3 is 2.59 bits per heavy atom. The van der Waals surface area contributed by atoms with Gasteiger partial charge in [0, 0.05) is 24.8 Å². The van der Waals surface area contributed by atoms with Gasteiger partial charge in [-0.3, -0.25) is 0 Å². The van der Waals surface area contributed by atoms with Crippen LogP contribution in [-0.2, 0) is 9.47 Å². The van der Waals surface area contributed by atoms with Crippen LogP contribution in [0.15, 0.2) is 30.3 Å². The van der Waals surface area contributed by atoms with Crippen molar-refractivity contribution in [3.63, 3.8) is 0 Å². The van der Waals surface area contributed by atoms with Gasteiger partial charge in [-0.1, -0.05) is 6.07 Å². The molecule has 0 aliphatic carbocycles. The minimum absolute atomic E-state index is 0.0411. The zero-order chi connectivity index (χ0) is 18.8. The van der Waals surface area contributed by atoms with E-state index < -0.39 is 0 Å². The van der Waals surface area contributed by atoms with E-state index in [1.165, 1.54) is 19.2 Å². The molecule has 9 heteroatoms. The number of nitrogens with zero attached hydrogens (tertiary/aromatic N) is 3. The van der Waals surface area contributed by atoms with Gasteiger partial charge in [0.2, 0.25) is 11.8 Å². The Hall–Kier alpha value is -2.65. The van der Waals surface area contributed by atoms with E-state index in [-0.39, 0.29) is 30.0 Å². The second kappa shape index (κ2) is 7.53. The van der Waals surface area contributed by atoms with Gasteiger partial charge in [-0.05, 0) is 18.2 Å². The summed E-state index contributed by atoms with van der Waals surface area (Å²) in [5, 5.41) is 3.26. The summed E-state index contributed by atoms with van der Waals surface area (Å²) >= 11 is 0. The summed E-state index contributed by atoms with van der Waals surface area (Å²) in [6.07, 6.45) is -0.155. The molecule has 8 nitrogen and oxygen atoms in total. The lowest BCUT2D eigenvalue weighted by atomic mass is 10.2. The fraction of sp³-hybridized carbons (Fsp3) is 0.444. The van der Waals surface area contributed by atoms with Crippen molar-refractivity contribution in [1.29, 1.82) is 0 Å². The van der Waals surface area contributed by atoms with Crippen molar-refractivity contribution in [1.82, 2.24) is 9.97 Å². The molecule has 1 aromatic heterocycles. The molecule has 2 fully saturated rings. The number of anilines is 3. The summed E-state index contributed by atoms with van der Waals surface area (Å²) in [6, 6.07) is 8.07. The molecule has 0 unspecified atom stereocenters. The van der Waals surface area contributed by atoms with Gasteiger partial charge in [-0.15, -0.1) is 0 Å². The molecule has 2 saturated heterocycles. The molecule has 27 heavy (non-hydrogen) atoms. The number of methoxy groups -OCH3 is 1. The van der Waals surface area contributed by atoms with Crippen LogP contribution in [0.4, 0.5) is 21.8 Å². The van der Waals surface area contributed by atoms with Crippen molar-refractivity contribution in [2.24, 2.45) is 0 Å². The molecule has 1 aromatic carbocycles. The second-order valence-corrected chi connectivity index (χ2v) is 6.63. The van der Waals surface area contributed by atoms with E-state index in [1.54, 1.807) is 12.1 Å². The van der Waals surface area contributed by atoms with Crippen molar-refractivity contribution in [2.75, 3.05) is 49.4 Å². The SMILES string of the molecule is COc1cc(N2C[C@@H]3OCC(Nc4cccc(F)c4)CO[C@H]3C2)nc(N)n1. The number of ether oxygens (including phenoxy) is 3. The second-order valence-electron chi connectivity index (χ2n) is 6.63. The molecular weight excluding hydrogens is 353 g/mol. The molecule has 2 aliphatic heterocycles. The summed E-state index contributed by atoms with van der Waals surface area (Å²) in [5.74, 6) is 1.00. The Morgan fingerprint density at radius 1 is 1.19 bits per heavy atom. The number of rotatable bonds is 4. The van der Waals surface area contributed by atoms with Crippen molar-refractivity contribution < 1.29 is 18.6 Å². The molecule has 0 amide bonds. The lowest BCUT2D eigenvalue weighted by Gasteiger charge is -2.21. The van der Waals surface area contributed by atoms with Crippen molar-refractivity contribution in [3.05, 3.63) is 36.1 Å². The number of aromatic nitrogens is 2. The van der Waals surface area contributed by atoms with Gasteiger partial charge in [-0.25, -0.2) is 4.39 Å². The lowest BCUT2D eigenvalue weighted by Crippen LogP contribution is -2.31. The van der Waals surface area contributed by atoms with E-state index in [1.807, 2.05) is 6.07 Å². The maximum Gasteiger partial charge on any atom is 0.225 e. The van der Waals surface area contributed by atoms with Gasteiger partial charge >= 0.3 is 0 Å². The van der Waals surface area contributed by atoms with Gasteiger partial charge in [0.25, 0.3) is 0 Å². The number of nitrogens with two attached hydrogens (primary N) is 1. The summed E-state index contributed by atoms with van der Waals surface area (Å²) in [4.78, 5) is 10.3. The molecule has 2 aliphatic rings. The molecule has 3 heterocycles. The number of halogens is 1. The topological polar surface area (TPSA) is 94.8 Å². The maximum atomic E-state index is 13.3. The van der Waals surface area contributed by atoms with Crippen LogP contribution in [0.5, 0.6) is 5.88 Å². The number of benzene rings is 1. The smallest absolute Gasteiger partial charge is 0.225 e. The van der Waals surface area contributed by atoms with E-state index in [4.69, 9.17) is 19.9 Å². The lowest BCUT2D eigenvalue weighted by molar-refractivity contribution is -0.00461. The first kappa shape index (κ1) is 17.7. The highest BCUT2D eigenvalue weighted by Gasteiger charge is 2.38. The van der Waals surface area contributed by atoms with Gasteiger partial charge in [0.15, 0.2) is 0 Å². The highest BCUT2D eigenvalue weighted by Crippen LogP contribution is 2.27. The third-order valence-corrected chi connectivity index (χ3v) is 4.67. The van der Waals surface area contributed by atoms with Gasteiger partial charge in [0.05, 0.1) is 26.4 Å². The maximum absolute atomic E-state index is 13.3. The largest absolute Gasteiger partial charge is 0.481 e. The molecule has 0 radical (unpaired) electrons. The minimum Gasteiger partial charge on any atom is -0.481 e. The third-order valence-electron chi connectivity index (χ3n) is 4.67. The first-order chi connectivity index (χ1) is 13.1. The highest BCUT2D eigenvalue weighted by molar-refractivity contribution is 5.47. The number of nitrogen functional groups attached to an aromatic ring is 1. The molecule has 144 valence electrons. The van der Waals surface area contributed by atoms with Crippen molar-refractivity contribution in [2.45, 2.75) is 18.2 Å². The molecule has 2 aromatic rings. The molecule has 0 spiro atoms. The zero-order valence-electron chi connectivity index (χ0n) is 15.0. The quantitative estimate of drug-likeness (QED) is 0.826. The van der Waals surface area contributed by atoms with Crippen LogP contribution < -0.4 is 20.7 Å². The van der Waals surface area contributed by atoms with Crippen LogP contribution in [0.3, 0.4) is 0 Å². The van der Waals surface area contributed by atoms with E-state index >= 15 is 0 Å². The molecule has 0 bridgehead atoms. The summed E-state index contributed by atoms with van der Waals surface area (Å²) < 4.78 is 30.6. The van der Waals surface area contributed by atoms with Crippen LogP contribution in [0.25, 0.3) is 0 Å². The minimum atomic E-state index is -0.275. The zero-order valence-corrected chi connectivity index (χ0v) is 15.0. The van der Waals surface area contributed by atoms with Crippen LogP contribution in [0.1, 0.15) is 0 Å². The number of nitrogens with one attached hydrogen (secondary N) is 1. The number of fused-ring (bicyclic) bond motifs is 1. The van der Waals surface area contributed by atoms with E-state index in [0.717, 1.165) is 0 Å². The van der Waals surface area contributed by atoms with E-state index in [2.05, 4.69) is 20.2 Å². The standard InChI is InChI=1S/C18H22FN5O3/c1-25-17-6-16(22-18(20)23-17)24-7-14-15(8-24)27-10-13(9-26-14)21-12-4-2-3-11(19)5-12/h2-6,13-15,21H,7-10H2,1H3,(H2,20,22,23)/t14-,15-/m0/s1. The van der Waals surface area contributed by atoms with Gasteiger partial charge in [-0.2, -0.15) is 9.97 Å². The highest BCUT2D eigenvalue weighted by atomic mass is 19.1. The summed E-state index contributed by atoms with van der Waals surface area (Å²) in [5.41, 5.74) is 6.46. The molecule has 0 saturated carbocycles. The van der Waals surface area contributed by atoms with E-state index in [0.29, 0.717) is 43.7 Å². The number of hydrogen-bond donors (Lipinski definition) is 2. The van der Waals surface area contributed by atoms with Crippen LogP contribution >= 0.6 is 0 Å². The average molecular weight is 375 g/mol. The van der Waals surface area contributed by atoms with Crippen LogP contribution in [-0.4, -0.2) is 61.6 Å². The Labute approximate surface area is 156 Å². The summed E-state index contributed by atoms with van der Waals surface area (Å²) in [7, 11) is 1.54. The number of hydrogen-bond acceptors (Lipinski definition) is 8. The normalized spacial score (nSPS) is 23.0. The predicted octanol–water partition coefficient (Wildman–Crippen LogP) is 1.29. The molecular formula is C18H22FN5O3. The van der Waals surface area contributed by atoms with Crippen LogP contribution in [0.2, 0.25) is 0 Å².